The first-order valence-electron chi connectivity index (χ1n) is 6.58. The third kappa shape index (κ3) is 2.99. The molecule has 1 amide bonds. The number of amides is 1. The van der Waals surface area contributed by atoms with Gasteiger partial charge in [0.25, 0.3) is 5.91 Å². The summed E-state index contributed by atoms with van der Waals surface area (Å²) in [5.74, 6) is -0.662. The van der Waals surface area contributed by atoms with E-state index < -0.39 is 5.82 Å². The monoisotopic (exact) mass is 313 g/mol. The van der Waals surface area contributed by atoms with Crippen molar-refractivity contribution in [1.29, 1.82) is 0 Å². The van der Waals surface area contributed by atoms with Crippen LogP contribution in [0.3, 0.4) is 0 Å². The minimum atomic E-state index is -0.472. The molecule has 0 atom stereocenters. The fraction of sp³-hybridized carbons (Fsp3) is 0. The Bertz CT molecular complexity index is 829. The van der Waals surface area contributed by atoms with Crippen molar-refractivity contribution in [3.8, 4) is 16.2 Å². The van der Waals surface area contributed by atoms with Gasteiger partial charge < -0.3 is 10.4 Å². The molecule has 0 radical (unpaired) electrons. The molecule has 3 nitrogen and oxygen atoms in total. The number of hydrogen-bond donors (Lipinski definition) is 2. The quantitative estimate of drug-likeness (QED) is 0.747. The van der Waals surface area contributed by atoms with Gasteiger partial charge in [-0.2, -0.15) is 0 Å². The minimum Gasteiger partial charge on any atom is -0.508 e. The molecule has 2 N–H and O–H groups in total. The highest BCUT2D eigenvalue weighted by Crippen LogP contribution is 2.30. The zero-order valence-electron chi connectivity index (χ0n) is 11.4. The highest BCUT2D eigenvalue weighted by molar-refractivity contribution is 7.17. The first-order valence-corrected chi connectivity index (χ1v) is 7.40. The van der Waals surface area contributed by atoms with Gasteiger partial charge in [0, 0.05) is 4.88 Å². The fourth-order valence-electron chi connectivity index (χ4n) is 2.02. The molecule has 0 spiro atoms. The van der Waals surface area contributed by atoms with Gasteiger partial charge in [0.15, 0.2) is 0 Å². The molecule has 0 aliphatic rings. The predicted molar refractivity (Wildman–Crippen MR) is 85.8 cm³/mol. The number of carbonyl (C=O) groups is 1. The molecule has 0 bridgehead atoms. The highest BCUT2D eigenvalue weighted by atomic mass is 32.1. The largest absolute Gasteiger partial charge is 0.508 e. The normalized spacial score (nSPS) is 10.4. The maximum absolute atomic E-state index is 13.5. The van der Waals surface area contributed by atoms with Crippen molar-refractivity contribution in [3.63, 3.8) is 0 Å². The smallest absolute Gasteiger partial charge is 0.265 e. The molecular formula is C17H12FNO2S. The lowest BCUT2D eigenvalue weighted by molar-refractivity contribution is 0.103. The molecule has 1 aromatic heterocycles. The molecule has 0 saturated heterocycles. The SMILES string of the molecule is O=C(Nc1ccccc1F)c1ccc(-c2cccc(O)c2)s1. The summed E-state index contributed by atoms with van der Waals surface area (Å²) in [5, 5.41) is 12.0. The van der Waals surface area contributed by atoms with E-state index in [1.807, 2.05) is 6.07 Å². The number of rotatable bonds is 3. The molecule has 0 aliphatic carbocycles. The zero-order chi connectivity index (χ0) is 15.5. The first-order chi connectivity index (χ1) is 10.6. The van der Waals surface area contributed by atoms with Crippen molar-refractivity contribution < 1.29 is 14.3 Å². The topological polar surface area (TPSA) is 49.3 Å². The molecule has 0 fully saturated rings. The molecule has 0 unspecified atom stereocenters. The average molecular weight is 313 g/mol. The molecule has 5 heteroatoms. The summed E-state index contributed by atoms with van der Waals surface area (Å²) < 4.78 is 13.5. The standard InChI is InChI=1S/C17H12FNO2S/c18-13-6-1-2-7-14(13)19-17(21)16-9-8-15(22-16)11-4-3-5-12(20)10-11/h1-10,20H,(H,19,21). The lowest BCUT2D eigenvalue weighted by atomic mass is 10.2. The van der Waals surface area contributed by atoms with Crippen LogP contribution in [0, 0.1) is 5.82 Å². The van der Waals surface area contributed by atoms with Crippen molar-refractivity contribution >= 4 is 22.9 Å². The third-order valence-corrected chi connectivity index (χ3v) is 4.22. The molecule has 0 saturated carbocycles. The Hall–Kier alpha value is -2.66. The molecule has 3 rings (SSSR count). The second-order valence-electron chi connectivity index (χ2n) is 4.65. The number of phenols is 1. The number of carbonyl (C=O) groups excluding carboxylic acids is 1. The van der Waals surface area contributed by atoms with E-state index in [1.54, 1.807) is 42.5 Å². The van der Waals surface area contributed by atoms with E-state index in [0.29, 0.717) is 4.88 Å². The maximum atomic E-state index is 13.5. The Morgan fingerprint density at radius 3 is 2.64 bits per heavy atom. The van der Waals surface area contributed by atoms with Crippen LogP contribution in [-0.4, -0.2) is 11.0 Å². The highest BCUT2D eigenvalue weighted by Gasteiger charge is 2.12. The van der Waals surface area contributed by atoms with E-state index in [4.69, 9.17) is 0 Å². The summed E-state index contributed by atoms with van der Waals surface area (Å²) in [6.45, 7) is 0. The Labute approximate surface area is 130 Å². The fourth-order valence-corrected chi connectivity index (χ4v) is 2.92. The van der Waals surface area contributed by atoms with E-state index in [0.717, 1.165) is 10.4 Å². The van der Waals surface area contributed by atoms with Gasteiger partial charge in [-0.05, 0) is 42.0 Å². The number of anilines is 1. The third-order valence-electron chi connectivity index (χ3n) is 3.08. The summed E-state index contributed by atoms with van der Waals surface area (Å²) in [6, 6.07) is 16.3. The molecule has 0 aliphatic heterocycles. The van der Waals surface area contributed by atoms with Crippen molar-refractivity contribution in [3.05, 3.63) is 71.4 Å². The summed E-state index contributed by atoms with van der Waals surface area (Å²) in [4.78, 5) is 13.5. The van der Waals surface area contributed by atoms with Crippen molar-refractivity contribution in [2.24, 2.45) is 0 Å². The number of halogens is 1. The number of phenolic OH excluding ortho intramolecular Hbond substituents is 1. The van der Waals surface area contributed by atoms with Gasteiger partial charge in [0.05, 0.1) is 10.6 Å². The minimum absolute atomic E-state index is 0.153. The lowest BCUT2D eigenvalue weighted by Crippen LogP contribution is -2.11. The number of benzene rings is 2. The first kappa shape index (κ1) is 14.3. The van der Waals surface area contributed by atoms with Gasteiger partial charge in [0.2, 0.25) is 0 Å². The second kappa shape index (κ2) is 5.99. The van der Waals surface area contributed by atoms with Gasteiger partial charge >= 0.3 is 0 Å². The maximum Gasteiger partial charge on any atom is 0.265 e. The summed E-state index contributed by atoms with van der Waals surface area (Å²) in [5.41, 5.74) is 0.981. The van der Waals surface area contributed by atoms with E-state index in [1.165, 1.54) is 23.5 Å². The van der Waals surface area contributed by atoms with Gasteiger partial charge in [-0.3, -0.25) is 4.79 Å². The molecule has 22 heavy (non-hydrogen) atoms. The van der Waals surface area contributed by atoms with Gasteiger partial charge in [-0.1, -0.05) is 24.3 Å². The van der Waals surface area contributed by atoms with Crippen molar-refractivity contribution in [1.82, 2.24) is 0 Å². The van der Waals surface area contributed by atoms with Gasteiger partial charge in [-0.25, -0.2) is 4.39 Å². The number of para-hydroxylation sites is 1. The average Bonchev–Trinajstić information content (AvgIpc) is 2.99. The molecule has 2 aromatic carbocycles. The number of thiophene rings is 1. The Morgan fingerprint density at radius 1 is 1.05 bits per heavy atom. The van der Waals surface area contributed by atoms with Crippen LogP contribution in [0.4, 0.5) is 10.1 Å². The van der Waals surface area contributed by atoms with Gasteiger partial charge in [0.1, 0.15) is 11.6 Å². The Kier molecular flexibility index (Phi) is 3.89. The van der Waals surface area contributed by atoms with E-state index in [-0.39, 0.29) is 17.3 Å². The van der Waals surface area contributed by atoms with Crippen LogP contribution in [0.15, 0.2) is 60.7 Å². The summed E-state index contributed by atoms with van der Waals surface area (Å²) in [7, 11) is 0. The van der Waals surface area contributed by atoms with Crippen LogP contribution >= 0.6 is 11.3 Å². The van der Waals surface area contributed by atoms with Gasteiger partial charge in [-0.15, -0.1) is 11.3 Å². The number of aromatic hydroxyl groups is 1. The molecule has 1 heterocycles. The van der Waals surface area contributed by atoms with E-state index in [9.17, 15) is 14.3 Å². The second-order valence-corrected chi connectivity index (χ2v) is 5.73. The Morgan fingerprint density at radius 2 is 1.86 bits per heavy atom. The van der Waals surface area contributed by atoms with Crippen molar-refractivity contribution in [2.45, 2.75) is 0 Å². The Balaban J connectivity index is 1.82. The van der Waals surface area contributed by atoms with Crippen LogP contribution in [0.2, 0.25) is 0 Å². The van der Waals surface area contributed by atoms with Crippen LogP contribution < -0.4 is 5.32 Å². The summed E-state index contributed by atoms with van der Waals surface area (Å²) in [6.07, 6.45) is 0. The van der Waals surface area contributed by atoms with E-state index >= 15 is 0 Å². The molecular weight excluding hydrogens is 301 g/mol. The lowest BCUT2D eigenvalue weighted by Gasteiger charge is -2.04. The number of hydrogen-bond acceptors (Lipinski definition) is 3. The van der Waals surface area contributed by atoms with Crippen LogP contribution in [0.1, 0.15) is 9.67 Å². The zero-order valence-corrected chi connectivity index (χ0v) is 12.2. The number of nitrogens with one attached hydrogen (secondary N) is 1. The van der Waals surface area contributed by atoms with Crippen LogP contribution in [0.5, 0.6) is 5.75 Å². The van der Waals surface area contributed by atoms with E-state index in [2.05, 4.69) is 5.32 Å². The predicted octanol–water partition coefficient (Wildman–Crippen LogP) is 4.51. The van der Waals surface area contributed by atoms with Crippen LogP contribution in [-0.2, 0) is 0 Å². The molecule has 3 aromatic rings. The summed E-state index contributed by atoms with van der Waals surface area (Å²) >= 11 is 1.28. The van der Waals surface area contributed by atoms with Crippen LogP contribution in [0.25, 0.3) is 10.4 Å². The molecule has 110 valence electrons. The van der Waals surface area contributed by atoms with Crippen molar-refractivity contribution in [2.75, 3.05) is 5.32 Å².